The molecular weight excluding hydrogens is 312 g/mol. The Kier molecular flexibility index (Phi) is 3.70. The molecule has 1 aromatic rings. The Balaban J connectivity index is 2.22. The van der Waals surface area contributed by atoms with Crippen LogP contribution in [0, 0.1) is 5.92 Å². The van der Waals surface area contributed by atoms with Crippen LogP contribution in [0.15, 0.2) is 15.2 Å². The Hall–Kier alpha value is 0.0500. The van der Waals surface area contributed by atoms with Crippen molar-refractivity contribution in [2.75, 3.05) is 11.5 Å². The van der Waals surface area contributed by atoms with Gasteiger partial charge in [-0.15, -0.1) is 0 Å². The number of rotatable bonds is 3. The third-order valence-corrected chi connectivity index (χ3v) is 6.44. The van der Waals surface area contributed by atoms with E-state index in [0.29, 0.717) is 6.42 Å². The van der Waals surface area contributed by atoms with Crippen LogP contribution in [0.25, 0.3) is 0 Å². The minimum Gasteiger partial charge on any atom is -0.271 e. The Morgan fingerprint density at radius 3 is 2.75 bits per heavy atom. The summed E-state index contributed by atoms with van der Waals surface area (Å²) in [6.45, 7) is 0. The van der Waals surface area contributed by atoms with Crippen LogP contribution in [0.2, 0.25) is 0 Å². The van der Waals surface area contributed by atoms with E-state index in [1.165, 1.54) is 0 Å². The number of nitrogens with two attached hydrogens (primary N) is 1. The molecule has 1 saturated heterocycles. The number of sulfone groups is 1. The number of hydrogen-bond donors (Lipinski definition) is 2. The molecule has 4 nitrogen and oxygen atoms in total. The van der Waals surface area contributed by atoms with E-state index in [9.17, 15) is 8.42 Å². The van der Waals surface area contributed by atoms with Crippen LogP contribution in [0.5, 0.6) is 0 Å². The van der Waals surface area contributed by atoms with Gasteiger partial charge in [0.05, 0.1) is 17.5 Å². The number of hydrogen-bond acceptors (Lipinski definition) is 5. The minimum atomic E-state index is -2.86. The molecule has 0 spiro atoms. The van der Waals surface area contributed by atoms with Crippen LogP contribution in [-0.4, -0.2) is 19.9 Å². The Labute approximate surface area is 107 Å². The van der Waals surface area contributed by atoms with E-state index in [-0.39, 0.29) is 23.5 Å². The maximum absolute atomic E-state index is 11.4. The molecule has 1 fully saturated rings. The molecule has 1 aliphatic rings. The monoisotopic (exact) mass is 324 g/mol. The number of halogens is 1. The van der Waals surface area contributed by atoms with Gasteiger partial charge >= 0.3 is 0 Å². The lowest BCUT2D eigenvalue weighted by Crippen LogP contribution is -2.34. The van der Waals surface area contributed by atoms with Gasteiger partial charge in [0.25, 0.3) is 0 Å². The predicted octanol–water partition coefficient (Wildman–Crippen LogP) is 1.45. The van der Waals surface area contributed by atoms with E-state index in [1.54, 1.807) is 11.3 Å². The maximum atomic E-state index is 11.4. The molecule has 7 heteroatoms. The van der Waals surface area contributed by atoms with Crippen molar-refractivity contribution in [3.63, 3.8) is 0 Å². The van der Waals surface area contributed by atoms with Crippen LogP contribution in [0.3, 0.4) is 0 Å². The van der Waals surface area contributed by atoms with E-state index in [4.69, 9.17) is 5.84 Å². The first-order valence-corrected chi connectivity index (χ1v) is 8.47. The van der Waals surface area contributed by atoms with Gasteiger partial charge < -0.3 is 0 Å². The molecule has 1 aromatic heterocycles. The average molecular weight is 325 g/mol. The molecule has 0 radical (unpaired) electrons. The fourth-order valence-corrected chi connectivity index (χ4v) is 5.50. The highest BCUT2D eigenvalue weighted by atomic mass is 79.9. The highest BCUT2D eigenvalue weighted by molar-refractivity contribution is 9.10. The summed E-state index contributed by atoms with van der Waals surface area (Å²) in [5.74, 6) is 6.11. The summed E-state index contributed by atoms with van der Waals surface area (Å²) in [5, 5.41) is 3.97. The first-order chi connectivity index (χ1) is 7.53. The third kappa shape index (κ3) is 2.48. The summed E-state index contributed by atoms with van der Waals surface area (Å²) in [4.78, 5) is 0. The zero-order chi connectivity index (χ0) is 11.8. The quantitative estimate of drug-likeness (QED) is 0.652. The van der Waals surface area contributed by atoms with Crippen molar-refractivity contribution in [1.82, 2.24) is 5.43 Å². The standard InChI is InChI=1S/C9H13BrN2O2S2/c10-8-4-15-3-7(8)9(12-11)6-1-2-16(13,14)5-6/h3-4,6,9,12H,1-2,5,11H2. The summed E-state index contributed by atoms with van der Waals surface area (Å²) in [7, 11) is -2.86. The smallest absolute Gasteiger partial charge is 0.150 e. The van der Waals surface area contributed by atoms with E-state index >= 15 is 0 Å². The van der Waals surface area contributed by atoms with Crippen molar-refractivity contribution in [2.24, 2.45) is 11.8 Å². The zero-order valence-electron chi connectivity index (χ0n) is 8.52. The largest absolute Gasteiger partial charge is 0.271 e. The van der Waals surface area contributed by atoms with Gasteiger partial charge in [0.2, 0.25) is 0 Å². The SMILES string of the molecule is NNC(c1cscc1Br)C1CCS(=O)(=O)C1. The van der Waals surface area contributed by atoms with Gasteiger partial charge in [-0.05, 0) is 39.2 Å². The maximum Gasteiger partial charge on any atom is 0.150 e. The topological polar surface area (TPSA) is 72.2 Å². The molecule has 2 unspecified atom stereocenters. The average Bonchev–Trinajstić information content (AvgIpc) is 2.76. The Morgan fingerprint density at radius 2 is 2.31 bits per heavy atom. The van der Waals surface area contributed by atoms with E-state index in [2.05, 4.69) is 21.4 Å². The molecule has 0 bridgehead atoms. The second-order valence-corrected chi connectivity index (χ2v) is 7.81. The summed E-state index contributed by atoms with van der Waals surface area (Å²) < 4.78 is 23.9. The molecule has 3 N–H and O–H groups in total. The van der Waals surface area contributed by atoms with Gasteiger partial charge in [-0.3, -0.25) is 11.3 Å². The Morgan fingerprint density at radius 1 is 1.56 bits per heavy atom. The summed E-state index contributed by atoms with van der Waals surface area (Å²) >= 11 is 5.03. The van der Waals surface area contributed by atoms with Gasteiger partial charge in [-0.25, -0.2) is 8.42 Å². The Bertz CT molecular complexity index is 472. The van der Waals surface area contributed by atoms with Crippen molar-refractivity contribution in [3.8, 4) is 0 Å². The molecule has 0 amide bonds. The van der Waals surface area contributed by atoms with E-state index in [1.807, 2.05) is 10.8 Å². The summed E-state index contributed by atoms with van der Waals surface area (Å²) in [6, 6.07) is -0.0853. The second kappa shape index (κ2) is 4.73. The molecule has 0 saturated carbocycles. The van der Waals surface area contributed by atoms with Crippen molar-refractivity contribution in [2.45, 2.75) is 12.5 Å². The highest BCUT2D eigenvalue weighted by Gasteiger charge is 2.34. The molecule has 0 aliphatic carbocycles. The van der Waals surface area contributed by atoms with Gasteiger partial charge in [0, 0.05) is 9.85 Å². The van der Waals surface area contributed by atoms with Crippen molar-refractivity contribution < 1.29 is 8.42 Å². The molecule has 16 heavy (non-hydrogen) atoms. The lowest BCUT2D eigenvalue weighted by molar-refractivity contribution is 0.399. The first kappa shape index (κ1) is 12.5. The normalized spacial score (nSPS) is 25.8. The summed E-state index contributed by atoms with van der Waals surface area (Å²) in [5.41, 5.74) is 3.79. The van der Waals surface area contributed by atoms with Gasteiger partial charge in [0.15, 0.2) is 9.84 Å². The van der Waals surface area contributed by atoms with Gasteiger partial charge in [-0.1, -0.05) is 0 Å². The number of nitrogens with one attached hydrogen (secondary N) is 1. The first-order valence-electron chi connectivity index (χ1n) is 4.91. The van der Waals surface area contributed by atoms with E-state index in [0.717, 1.165) is 10.0 Å². The van der Waals surface area contributed by atoms with Crippen LogP contribution < -0.4 is 11.3 Å². The molecular formula is C9H13BrN2O2S2. The minimum absolute atomic E-state index is 0.0703. The molecule has 0 aromatic carbocycles. The molecule has 2 rings (SSSR count). The van der Waals surface area contributed by atoms with Crippen LogP contribution in [0.1, 0.15) is 18.0 Å². The van der Waals surface area contributed by atoms with Crippen LogP contribution >= 0.6 is 27.3 Å². The van der Waals surface area contributed by atoms with Crippen molar-refractivity contribution >= 4 is 37.1 Å². The van der Waals surface area contributed by atoms with Crippen molar-refractivity contribution in [3.05, 3.63) is 20.8 Å². The van der Waals surface area contributed by atoms with Gasteiger partial charge in [0.1, 0.15) is 0 Å². The van der Waals surface area contributed by atoms with Gasteiger partial charge in [-0.2, -0.15) is 11.3 Å². The predicted molar refractivity (Wildman–Crippen MR) is 68.8 cm³/mol. The van der Waals surface area contributed by atoms with Crippen LogP contribution in [-0.2, 0) is 9.84 Å². The number of thiophene rings is 1. The lowest BCUT2D eigenvalue weighted by Gasteiger charge is -2.21. The fourth-order valence-electron chi connectivity index (χ4n) is 2.08. The van der Waals surface area contributed by atoms with E-state index < -0.39 is 9.84 Å². The third-order valence-electron chi connectivity index (χ3n) is 2.90. The number of hydrazine groups is 1. The fraction of sp³-hybridized carbons (Fsp3) is 0.556. The lowest BCUT2D eigenvalue weighted by atomic mass is 9.95. The molecule has 90 valence electrons. The molecule has 2 heterocycles. The molecule has 2 atom stereocenters. The second-order valence-electron chi connectivity index (χ2n) is 3.98. The summed E-state index contributed by atoms with van der Waals surface area (Å²) in [6.07, 6.45) is 0.680. The molecule has 1 aliphatic heterocycles. The van der Waals surface area contributed by atoms with Crippen LogP contribution in [0.4, 0.5) is 0 Å². The zero-order valence-corrected chi connectivity index (χ0v) is 11.7. The van der Waals surface area contributed by atoms with Crippen molar-refractivity contribution in [1.29, 1.82) is 0 Å². The highest BCUT2D eigenvalue weighted by Crippen LogP contribution is 2.36.